The maximum absolute atomic E-state index is 13.1. The van der Waals surface area contributed by atoms with Gasteiger partial charge in [0.25, 0.3) is 5.69 Å². The van der Waals surface area contributed by atoms with E-state index in [2.05, 4.69) is 11.9 Å². The van der Waals surface area contributed by atoms with Crippen molar-refractivity contribution in [2.24, 2.45) is 0 Å². The summed E-state index contributed by atoms with van der Waals surface area (Å²) in [5.74, 6) is -2.21. The van der Waals surface area contributed by atoms with Crippen molar-refractivity contribution in [3.8, 4) is 0 Å². The predicted molar refractivity (Wildman–Crippen MR) is 125 cm³/mol. The first-order chi connectivity index (χ1) is 15.7. The lowest BCUT2D eigenvalue weighted by molar-refractivity contribution is -0.384. The van der Waals surface area contributed by atoms with Crippen LogP contribution in [0.4, 0.5) is 5.69 Å². The molecule has 0 spiro atoms. The van der Waals surface area contributed by atoms with Crippen LogP contribution in [0.3, 0.4) is 0 Å². The molecule has 8 heteroatoms. The zero-order chi connectivity index (χ0) is 24.5. The molecular weight excluding hydrogens is 424 g/mol. The van der Waals surface area contributed by atoms with Crippen LogP contribution < -0.4 is 5.32 Å². The van der Waals surface area contributed by atoms with Crippen LogP contribution >= 0.6 is 0 Å². The molecule has 1 aromatic carbocycles. The number of carbonyl (C=O) groups excluding carboxylic acids is 2. The molecule has 1 aliphatic heterocycles. The largest absolute Gasteiger partial charge is 0.458 e. The number of nitrogens with one attached hydrogen (secondary N) is 1. The summed E-state index contributed by atoms with van der Waals surface area (Å²) in [5, 5.41) is 14.4. The first-order valence-electron chi connectivity index (χ1n) is 10.4. The fraction of sp³-hybridized carbons (Fsp3) is 0.280. The van der Waals surface area contributed by atoms with Crippen LogP contribution in [0.2, 0.25) is 0 Å². The van der Waals surface area contributed by atoms with Crippen molar-refractivity contribution in [2.75, 3.05) is 6.61 Å². The van der Waals surface area contributed by atoms with Crippen LogP contribution in [-0.4, -0.2) is 29.6 Å². The topological polar surface area (TPSA) is 108 Å². The minimum Gasteiger partial charge on any atom is -0.458 e. The van der Waals surface area contributed by atoms with Gasteiger partial charge in [-0.2, -0.15) is 0 Å². The lowest BCUT2D eigenvalue weighted by Crippen LogP contribution is -2.33. The van der Waals surface area contributed by atoms with Gasteiger partial charge in [0.2, 0.25) is 0 Å². The first-order valence-corrected chi connectivity index (χ1v) is 10.4. The van der Waals surface area contributed by atoms with E-state index < -0.39 is 28.9 Å². The normalized spacial score (nSPS) is 17.2. The van der Waals surface area contributed by atoms with Gasteiger partial charge in [0.05, 0.1) is 22.0 Å². The van der Waals surface area contributed by atoms with Crippen LogP contribution in [0.25, 0.3) is 0 Å². The van der Waals surface area contributed by atoms with Crippen molar-refractivity contribution in [1.29, 1.82) is 0 Å². The van der Waals surface area contributed by atoms with Crippen LogP contribution in [0.1, 0.15) is 39.2 Å². The average molecular weight is 453 g/mol. The average Bonchev–Trinajstić information content (AvgIpc) is 2.78. The Bertz CT molecular complexity index is 1060. The Kier molecular flexibility index (Phi) is 8.91. The smallest absolute Gasteiger partial charge is 0.337 e. The summed E-state index contributed by atoms with van der Waals surface area (Å²) in [6.45, 7) is 10.5. The molecule has 2 atom stereocenters. The summed E-state index contributed by atoms with van der Waals surface area (Å²) in [5.41, 5.74) is 1.56. The van der Waals surface area contributed by atoms with Gasteiger partial charge in [-0.15, -0.1) is 0 Å². The highest BCUT2D eigenvalue weighted by Crippen LogP contribution is 2.40. The SMILES string of the molecule is C=CC(C)OC(=O)C1=C(C)NC(C)=C(C(=O)OCC=CC=CC)C1c1cccc([N+](=O)[O-])c1. The summed E-state index contributed by atoms with van der Waals surface area (Å²) in [6.07, 6.45) is 7.96. The van der Waals surface area contributed by atoms with Crippen molar-refractivity contribution < 1.29 is 24.0 Å². The number of dihydropyridines is 1. The summed E-state index contributed by atoms with van der Waals surface area (Å²) in [4.78, 5) is 37.0. The molecule has 0 saturated heterocycles. The first kappa shape index (κ1) is 25.3. The minimum absolute atomic E-state index is 0.0254. The number of benzene rings is 1. The van der Waals surface area contributed by atoms with Gasteiger partial charge in [-0.3, -0.25) is 10.1 Å². The number of non-ortho nitro benzene ring substituents is 1. The third kappa shape index (κ3) is 6.29. The molecule has 0 amide bonds. The number of rotatable bonds is 9. The summed E-state index contributed by atoms with van der Waals surface area (Å²) < 4.78 is 10.9. The summed E-state index contributed by atoms with van der Waals surface area (Å²) >= 11 is 0. The van der Waals surface area contributed by atoms with E-state index >= 15 is 0 Å². The summed E-state index contributed by atoms with van der Waals surface area (Å²) in [6, 6.07) is 5.84. The zero-order valence-electron chi connectivity index (χ0n) is 19.2. The van der Waals surface area contributed by atoms with Gasteiger partial charge in [0.15, 0.2) is 0 Å². The third-order valence-electron chi connectivity index (χ3n) is 4.99. The fourth-order valence-electron chi connectivity index (χ4n) is 3.41. The molecule has 0 fully saturated rings. The van der Waals surface area contributed by atoms with Gasteiger partial charge in [0, 0.05) is 23.5 Å². The van der Waals surface area contributed by atoms with Gasteiger partial charge < -0.3 is 14.8 Å². The number of nitro groups is 1. The maximum atomic E-state index is 13.1. The van der Waals surface area contributed by atoms with E-state index in [4.69, 9.17) is 9.47 Å². The Hall–Kier alpha value is -3.94. The molecule has 1 heterocycles. The van der Waals surface area contributed by atoms with E-state index in [0.29, 0.717) is 17.0 Å². The number of ether oxygens (including phenoxy) is 2. The lowest BCUT2D eigenvalue weighted by atomic mass is 9.80. The number of hydrogen-bond donors (Lipinski definition) is 1. The second kappa shape index (κ2) is 11.6. The Morgan fingerprint density at radius 2 is 1.88 bits per heavy atom. The molecule has 2 unspecified atom stereocenters. The Morgan fingerprint density at radius 1 is 1.21 bits per heavy atom. The highest BCUT2D eigenvalue weighted by molar-refractivity contribution is 6.00. The van der Waals surface area contributed by atoms with Gasteiger partial charge >= 0.3 is 11.9 Å². The second-order valence-electron chi connectivity index (χ2n) is 7.39. The number of esters is 2. The van der Waals surface area contributed by atoms with Gasteiger partial charge in [-0.25, -0.2) is 9.59 Å². The van der Waals surface area contributed by atoms with Gasteiger partial charge in [-0.05, 0) is 39.3 Å². The Labute approximate surface area is 193 Å². The number of hydrogen-bond acceptors (Lipinski definition) is 7. The van der Waals surface area contributed by atoms with Gasteiger partial charge in [-0.1, -0.05) is 43.0 Å². The molecule has 0 radical (unpaired) electrons. The van der Waals surface area contributed by atoms with Crippen molar-refractivity contribution in [1.82, 2.24) is 5.32 Å². The van der Waals surface area contributed by atoms with Crippen LogP contribution in [-0.2, 0) is 19.1 Å². The molecule has 1 aliphatic rings. The monoisotopic (exact) mass is 452 g/mol. The molecule has 2 rings (SSSR count). The minimum atomic E-state index is -0.914. The molecule has 174 valence electrons. The van der Waals surface area contributed by atoms with E-state index in [1.54, 1.807) is 45.1 Å². The molecule has 0 aromatic heterocycles. The molecule has 1 N–H and O–H groups in total. The van der Waals surface area contributed by atoms with E-state index in [9.17, 15) is 19.7 Å². The number of nitrogens with zero attached hydrogens (tertiary/aromatic N) is 1. The van der Waals surface area contributed by atoms with Crippen molar-refractivity contribution in [3.63, 3.8) is 0 Å². The standard InChI is InChI=1S/C25H28N2O6/c1-6-8-9-10-14-32-24(28)21-17(4)26-18(5)22(25(29)33-16(3)7-2)23(21)19-12-11-13-20(15-19)27(30)31/h6-13,15-16,23,26H,2,14H2,1,3-5H3. The molecule has 0 bridgehead atoms. The van der Waals surface area contributed by atoms with Crippen molar-refractivity contribution in [3.05, 3.63) is 99.4 Å². The predicted octanol–water partition coefficient (Wildman–Crippen LogP) is 4.62. The van der Waals surface area contributed by atoms with Crippen LogP contribution in [0.5, 0.6) is 0 Å². The second-order valence-corrected chi connectivity index (χ2v) is 7.39. The number of nitro benzene ring substituents is 1. The Balaban J connectivity index is 2.56. The molecule has 8 nitrogen and oxygen atoms in total. The zero-order valence-corrected chi connectivity index (χ0v) is 19.2. The van der Waals surface area contributed by atoms with E-state index in [1.807, 2.05) is 13.0 Å². The summed E-state index contributed by atoms with van der Waals surface area (Å²) in [7, 11) is 0. The van der Waals surface area contributed by atoms with Crippen LogP contribution in [0, 0.1) is 10.1 Å². The van der Waals surface area contributed by atoms with E-state index in [1.165, 1.54) is 24.3 Å². The highest BCUT2D eigenvalue weighted by Gasteiger charge is 2.38. The molecule has 0 aliphatic carbocycles. The molecule has 0 saturated carbocycles. The van der Waals surface area contributed by atoms with Crippen molar-refractivity contribution >= 4 is 17.6 Å². The number of allylic oxidation sites excluding steroid dienone is 5. The molecular formula is C25H28N2O6. The van der Waals surface area contributed by atoms with Crippen LogP contribution in [0.15, 0.2) is 83.8 Å². The quantitative estimate of drug-likeness (QED) is 0.191. The Morgan fingerprint density at radius 3 is 2.48 bits per heavy atom. The number of carbonyl (C=O) groups is 2. The highest BCUT2D eigenvalue weighted by atomic mass is 16.6. The van der Waals surface area contributed by atoms with Crippen molar-refractivity contribution in [2.45, 2.75) is 39.7 Å². The molecule has 33 heavy (non-hydrogen) atoms. The fourth-order valence-corrected chi connectivity index (χ4v) is 3.41. The third-order valence-corrected chi connectivity index (χ3v) is 4.99. The van der Waals surface area contributed by atoms with E-state index in [-0.39, 0.29) is 23.4 Å². The maximum Gasteiger partial charge on any atom is 0.337 e. The van der Waals surface area contributed by atoms with E-state index in [0.717, 1.165) is 0 Å². The lowest BCUT2D eigenvalue weighted by Gasteiger charge is -2.30. The van der Waals surface area contributed by atoms with Gasteiger partial charge in [0.1, 0.15) is 12.7 Å². The molecule has 1 aromatic rings.